The summed E-state index contributed by atoms with van der Waals surface area (Å²) in [5, 5.41) is 10.2. The molecule has 18 heavy (non-hydrogen) atoms. The van der Waals surface area contributed by atoms with Crippen LogP contribution < -0.4 is 4.74 Å². The van der Waals surface area contributed by atoms with E-state index in [0.717, 1.165) is 10.0 Å². The molecule has 1 N–H and O–H groups in total. The van der Waals surface area contributed by atoms with Crippen LogP contribution in [0.15, 0.2) is 46.9 Å². The molecule has 1 unspecified atom stereocenters. The highest BCUT2D eigenvalue weighted by atomic mass is 79.9. The molecule has 0 fully saturated rings. The number of hydrogen-bond acceptors (Lipinski definition) is 3. The van der Waals surface area contributed by atoms with Crippen molar-refractivity contribution in [3.8, 4) is 5.88 Å². The topological polar surface area (TPSA) is 42.4 Å². The van der Waals surface area contributed by atoms with Crippen LogP contribution in [0.2, 0.25) is 0 Å². The molecular weight excluding hydrogens is 294 g/mol. The van der Waals surface area contributed by atoms with Crippen molar-refractivity contribution in [3.63, 3.8) is 0 Å². The van der Waals surface area contributed by atoms with Gasteiger partial charge in [0.1, 0.15) is 6.10 Å². The van der Waals surface area contributed by atoms with E-state index in [-0.39, 0.29) is 0 Å². The molecule has 4 heteroatoms. The molecule has 0 amide bonds. The third kappa shape index (κ3) is 3.31. The molecule has 0 radical (unpaired) electrons. The van der Waals surface area contributed by atoms with Gasteiger partial charge in [0, 0.05) is 17.0 Å². The number of aliphatic hydroxyl groups excluding tert-OH is 1. The van der Waals surface area contributed by atoms with Crippen LogP contribution in [0.5, 0.6) is 5.88 Å². The van der Waals surface area contributed by atoms with Gasteiger partial charge in [0.05, 0.1) is 12.8 Å². The van der Waals surface area contributed by atoms with Gasteiger partial charge in [-0.25, -0.2) is 4.98 Å². The summed E-state index contributed by atoms with van der Waals surface area (Å²) in [7, 11) is 1.56. The average Bonchev–Trinajstić information content (AvgIpc) is 2.39. The van der Waals surface area contributed by atoms with Crippen LogP contribution in [0.1, 0.15) is 17.4 Å². The zero-order chi connectivity index (χ0) is 13.0. The van der Waals surface area contributed by atoms with Gasteiger partial charge >= 0.3 is 0 Å². The van der Waals surface area contributed by atoms with Gasteiger partial charge in [-0.3, -0.25) is 0 Å². The Morgan fingerprint density at radius 2 is 2.06 bits per heavy atom. The second-order valence-corrected chi connectivity index (χ2v) is 4.87. The molecule has 1 aromatic carbocycles. The quantitative estimate of drug-likeness (QED) is 0.943. The number of aliphatic hydroxyl groups is 1. The molecule has 0 saturated carbocycles. The van der Waals surface area contributed by atoms with Crippen molar-refractivity contribution in [2.75, 3.05) is 7.11 Å². The summed E-state index contributed by atoms with van der Waals surface area (Å²) >= 11 is 3.41. The van der Waals surface area contributed by atoms with Crippen molar-refractivity contribution in [3.05, 3.63) is 58.2 Å². The van der Waals surface area contributed by atoms with Gasteiger partial charge in [0.25, 0.3) is 0 Å². The fourth-order valence-electron chi connectivity index (χ4n) is 1.72. The Balaban J connectivity index is 2.13. The van der Waals surface area contributed by atoms with Crippen LogP contribution in [0.4, 0.5) is 0 Å². The first kappa shape index (κ1) is 13.1. The molecule has 2 aromatic rings. The number of benzene rings is 1. The highest BCUT2D eigenvalue weighted by Crippen LogP contribution is 2.20. The van der Waals surface area contributed by atoms with Gasteiger partial charge in [-0.05, 0) is 23.8 Å². The van der Waals surface area contributed by atoms with E-state index in [0.29, 0.717) is 18.0 Å². The second-order valence-electron chi connectivity index (χ2n) is 3.95. The Labute approximate surface area is 115 Å². The molecule has 1 atom stereocenters. The summed E-state index contributed by atoms with van der Waals surface area (Å²) in [6.07, 6.45) is -0.103. The molecule has 0 saturated heterocycles. The summed E-state index contributed by atoms with van der Waals surface area (Å²) < 4.78 is 6.05. The van der Waals surface area contributed by atoms with Crippen LogP contribution in [-0.4, -0.2) is 17.2 Å². The largest absolute Gasteiger partial charge is 0.481 e. The first-order chi connectivity index (χ1) is 8.69. The van der Waals surface area contributed by atoms with Gasteiger partial charge in [-0.2, -0.15) is 0 Å². The van der Waals surface area contributed by atoms with Crippen LogP contribution in [-0.2, 0) is 6.42 Å². The standard InChI is InChI=1S/C14H14BrNO2/c1-18-14-7-3-6-12(16-14)13(17)9-10-4-2-5-11(15)8-10/h2-8,13,17H,9H2,1H3. The number of ether oxygens (including phenoxy) is 1. The van der Waals surface area contributed by atoms with Crippen molar-refractivity contribution >= 4 is 15.9 Å². The van der Waals surface area contributed by atoms with Gasteiger partial charge in [0.15, 0.2) is 0 Å². The molecule has 1 heterocycles. The molecule has 0 aliphatic carbocycles. The van der Waals surface area contributed by atoms with Crippen LogP contribution in [0.25, 0.3) is 0 Å². The molecule has 1 aromatic heterocycles. The van der Waals surface area contributed by atoms with E-state index in [9.17, 15) is 5.11 Å². The normalized spacial score (nSPS) is 12.2. The SMILES string of the molecule is COc1cccc(C(O)Cc2cccc(Br)c2)n1. The Hall–Kier alpha value is -1.39. The molecule has 94 valence electrons. The minimum atomic E-state index is -0.630. The number of aromatic nitrogens is 1. The maximum atomic E-state index is 10.2. The maximum absolute atomic E-state index is 10.2. The fourth-order valence-corrected chi connectivity index (χ4v) is 2.17. The lowest BCUT2D eigenvalue weighted by Crippen LogP contribution is -2.04. The third-order valence-electron chi connectivity index (χ3n) is 2.61. The van der Waals surface area contributed by atoms with E-state index in [1.54, 1.807) is 19.2 Å². The van der Waals surface area contributed by atoms with Crippen molar-refractivity contribution in [1.29, 1.82) is 0 Å². The lowest BCUT2D eigenvalue weighted by atomic mass is 10.1. The Morgan fingerprint density at radius 3 is 2.78 bits per heavy atom. The third-order valence-corrected chi connectivity index (χ3v) is 3.11. The van der Waals surface area contributed by atoms with E-state index < -0.39 is 6.10 Å². The summed E-state index contributed by atoms with van der Waals surface area (Å²) in [5.41, 5.74) is 1.68. The monoisotopic (exact) mass is 307 g/mol. The van der Waals surface area contributed by atoms with E-state index >= 15 is 0 Å². The van der Waals surface area contributed by atoms with Gasteiger partial charge in [-0.1, -0.05) is 34.1 Å². The molecule has 0 bridgehead atoms. The first-order valence-electron chi connectivity index (χ1n) is 5.62. The second kappa shape index (κ2) is 5.98. The van der Waals surface area contributed by atoms with E-state index in [1.807, 2.05) is 30.3 Å². The first-order valence-corrected chi connectivity index (χ1v) is 6.42. The lowest BCUT2D eigenvalue weighted by Gasteiger charge is -2.11. The van der Waals surface area contributed by atoms with Crippen LogP contribution >= 0.6 is 15.9 Å². The summed E-state index contributed by atoms with van der Waals surface area (Å²) in [5.74, 6) is 0.515. The number of nitrogens with zero attached hydrogens (tertiary/aromatic N) is 1. The molecule has 0 aliphatic heterocycles. The van der Waals surface area contributed by atoms with Gasteiger partial charge < -0.3 is 9.84 Å². The molecule has 0 aliphatic rings. The lowest BCUT2D eigenvalue weighted by molar-refractivity contribution is 0.172. The van der Waals surface area contributed by atoms with Crippen molar-refractivity contribution in [2.45, 2.75) is 12.5 Å². The highest BCUT2D eigenvalue weighted by molar-refractivity contribution is 9.10. The predicted octanol–water partition coefficient (Wildman–Crippen LogP) is 3.13. The Kier molecular flexibility index (Phi) is 4.33. The number of hydrogen-bond donors (Lipinski definition) is 1. The maximum Gasteiger partial charge on any atom is 0.213 e. The number of methoxy groups -OCH3 is 1. The number of rotatable bonds is 4. The number of halogens is 1. The molecular formula is C14H14BrNO2. The Morgan fingerprint density at radius 1 is 1.28 bits per heavy atom. The average molecular weight is 308 g/mol. The van der Waals surface area contributed by atoms with E-state index in [4.69, 9.17) is 4.74 Å². The van der Waals surface area contributed by atoms with Crippen molar-refractivity contribution < 1.29 is 9.84 Å². The van der Waals surface area contributed by atoms with E-state index in [2.05, 4.69) is 20.9 Å². The van der Waals surface area contributed by atoms with Crippen molar-refractivity contribution in [2.24, 2.45) is 0 Å². The smallest absolute Gasteiger partial charge is 0.213 e. The molecule has 3 nitrogen and oxygen atoms in total. The minimum Gasteiger partial charge on any atom is -0.481 e. The minimum absolute atomic E-state index is 0.515. The van der Waals surface area contributed by atoms with Crippen LogP contribution in [0, 0.1) is 0 Å². The molecule has 0 spiro atoms. The van der Waals surface area contributed by atoms with Crippen molar-refractivity contribution in [1.82, 2.24) is 4.98 Å². The van der Waals surface area contributed by atoms with Crippen LogP contribution in [0.3, 0.4) is 0 Å². The highest BCUT2D eigenvalue weighted by Gasteiger charge is 2.11. The number of pyridine rings is 1. The van der Waals surface area contributed by atoms with E-state index in [1.165, 1.54) is 0 Å². The summed E-state index contributed by atoms with van der Waals surface area (Å²) in [4.78, 5) is 4.23. The molecule has 2 rings (SSSR count). The predicted molar refractivity (Wildman–Crippen MR) is 73.6 cm³/mol. The Bertz CT molecular complexity index is 531. The summed E-state index contributed by atoms with van der Waals surface area (Å²) in [6, 6.07) is 13.3. The van der Waals surface area contributed by atoms with Gasteiger partial charge in [-0.15, -0.1) is 0 Å². The zero-order valence-corrected chi connectivity index (χ0v) is 11.6. The zero-order valence-electron chi connectivity index (χ0n) is 10.0. The van der Waals surface area contributed by atoms with Gasteiger partial charge in [0.2, 0.25) is 5.88 Å². The summed E-state index contributed by atoms with van der Waals surface area (Å²) in [6.45, 7) is 0. The fraction of sp³-hybridized carbons (Fsp3) is 0.214.